The van der Waals surface area contributed by atoms with Gasteiger partial charge in [-0.1, -0.05) is 0 Å². The highest BCUT2D eigenvalue weighted by molar-refractivity contribution is 5.82. The molecule has 0 unspecified atom stereocenters. The first-order chi connectivity index (χ1) is 11.3. The fourth-order valence-corrected chi connectivity index (χ4v) is 2.52. The monoisotopic (exact) mass is 332 g/mol. The second-order valence-electron chi connectivity index (χ2n) is 6.49. The Balaban J connectivity index is 2.24. The zero-order valence-corrected chi connectivity index (χ0v) is 14.6. The van der Waals surface area contributed by atoms with E-state index < -0.39 is 11.2 Å². The van der Waals surface area contributed by atoms with Crippen LogP contribution in [0.1, 0.15) is 31.4 Å². The molecule has 0 aliphatic carbocycles. The van der Waals surface area contributed by atoms with Crippen LogP contribution in [0.4, 0.5) is 0 Å². The van der Waals surface area contributed by atoms with Gasteiger partial charge in [-0.25, -0.2) is 4.79 Å². The molecule has 0 saturated heterocycles. The van der Waals surface area contributed by atoms with Crippen molar-refractivity contribution in [2.45, 2.75) is 39.2 Å². The van der Waals surface area contributed by atoms with Crippen LogP contribution in [0, 0.1) is 6.92 Å². The SMILES string of the molecule is COc1ccc2c(C)c(CCC(=O)NC(C)(C)CN)c(=O)oc2c1. The quantitative estimate of drug-likeness (QED) is 0.788. The molecule has 1 aromatic heterocycles. The molecule has 1 amide bonds. The third-order valence-corrected chi connectivity index (χ3v) is 4.08. The highest BCUT2D eigenvalue weighted by Crippen LogP contribution is 2.24. The molecule has 6 nitrogen and oxygen atoms in total. The van der Waals surface area contributed by atoms with Gasteiger partial charge in [-0.15, -0.1) is 0 Å². The summed E-state index contributed by atoms with van der Waals surface area (Å²) in [5.74, 6) is 0.486. The number of methoxy groups -OCH3 is 1. The summed E-state index contributed by atoms with van der Waals surface area (Å²) in [6.45, 7) is 5.92. The fraction of sp³-hybridized carbons (Fsp3) is 0.444. The van der Waals surface area contributed by atoms with Gasteiger partial charge in [0, 0.05) is 35.5 Å². The maximum atomic E-state index is 12.2. The lowest BCUT2D eigenvalue weighted by Crippen LogP contribution is -2.48. The Morgan fingerprint density at radius 2 is 2.08 bits per heavy atom. The Labute approximate surface area is 141 Å². The van der Waals surface area contributed by atoms with Crippen molar-refractivity contribution >= 4 is 16.9 Å². The van der Waals surface area contributed by atoms with E-state index in [0.29, 0.717) is 29.9 Å². The van der Waals surface area contributed by atoms with Crippen molar-refractivity contribution in [3.8, 4) is 5.75 Å². The number of nitrogens with two attached hydrogens (primary N) is 1. The highest BCUT2D eigenvalue weighted by atomic mass is 16.5. The standard InChI is InChI=1S/C18H24N2O4/c1-11-13-6-5-12(23-4)9-15(13)24-17(22)14(11)7-8-16(21)20-18(2,3)10-19/h5-6,9H,7-8,10,19H2,1-4H3,(H,20,21). The van der Waals surface area contributed by atoms with Gasteiger partial charge in [-0.05, 0) is 44.9 Å². The van der Waals surface area contributed by atoms with Crippen LogP contribution in [-0.4, -0.2) is 25.1 Å². The van der Waals surface area contributed by atoms with E-state index in [0.717, 1.165) is 10.9 Å². The summed E-state index contributed by atoms with van der Waals surface area (Å²) in [7, 11) is 1.56. The zero-order valence-electron chi connectivity index (χ0n) is 14.6. The molecule has 0 radical (unpaired) electrons. The Bertz CT molecular complexity index is 809. The Morgan fingerprint density at radius 1 is 1.38 bits per heavy atom. The summed E-state index contributed by atoms with van der Waals surface area (Å²) in [5, 5.41) is 3.70. The first-order valence-corrected chi connectivity index (χ1v) is 7.89. The van der Waals surface area contributed by atoms with E-state index in [-0.39, 0.29) is 12.3 Å². The van der Waals surface area contributed by atoms with Gasteiger partial charge in [0.25, 0.3) is 0 Å². The number of nitrogens with one attached hydrogen (secondary N) is 1. The molecule has 24 heavy (non-hydrogen) atoms. The Morgan fingerprint density at radius 3 is 2.71 bits per heavy atom. The average molecular weight is 332 g/mol. The van der Waals surface area contributed by atoms with Crippen LogP contribution in [0.5, 0.6) is 5.75 Å². The van der Waals surface area contributed by atoms with Crippen molar-refractivity contribution in [3.05, 3.63) is 39.7 Å². The third-order valence-electron chi connectivity index (χ3n) is 4.08. The molecule has 0 aliphatic rings. The normalized spacial score (nSPS) is 11.5. The summed E-state index contributed by atoms with van der Waals surface area (Å²) in [4.78, 5) is 24.3. The lowest BCUT2D eigenvalue weighted by atomic mass is 10.0. The highest BCUT2D eigenvalue weighted by Gasteiger charge is 2.19. The number of carbonyl (C=O) groups excluding carboxylic acids is 1. The van der Waals surface area contributed by atoms with E-state index in [9.17, 15) is 9.59 Å². The second-order valence-corrected chi connectivity index (χ2v) is 6.49. The minimum Gasteiger partial charge on any atom is -0.497 e. The number of carbonyl (C=O) groups is 1. The van der Waals surface area contributed by atoms with E-state index in [1.54, 1.807) is 13.2 Å². The largest absolute Gasteiger partial charge is 0.497 e. The van der Waals surface area contributed by atoms with Crippen LogP contribution in [0.3, 0.4) is 0 Å². The molecule has 0 atom stereocenters. The topological polar surface area (TPSA) is 94.6 Å². The number of aryl methyl sites for hydroxylation is 1. The number of hydrogen-bond donors (Lipinski definition) is 2. The van der Waals surface area contributed by atoms with E-state index in [4.69, 9.17) is 14.9 Å². The first kappa shape index (κ1) is 18.0. The van der Waals surface area contributed by atoms with Crippen molar-refractivity contribution in [2.75, 3.05) is 13.7 Å². The Hall–Kier alpha value is -2.34. The lowest BCUT2D eigenvalue weighted by Gasteiger charge is -2.24. The van der Waals surface area contributed by atoms with Crippen molar-refractivity contribution in [1.82, 2.24) is 5.32 Å². The van der Waals surface area contributed by atoms with Gasteiger partial charge in [-0.3, -0.25) is 4.79 Å². The van der Waals surface area contributed by atoms with Crippen molar-refractivity contribution in [3.63, 3.8) is 0 Å². The molecule has 0 fully saturated rings. The van der Waals surface area contributed by atoms with Crippen LogP contribution < -0.4 is 21.4 Å². The second kappa shape index (κ2) is 7.05. The van der Waals surface area contributed by atoms with Gasteiger partial charge in [0.2, 0.25) is 5.91 Å². The summed E-state index contributed by atoms with van der Waals surface area (Å²) in [5.41, 5.74) is 6.56. The van der Waals surface area contributed by atoms with Crippen molar-refractivity contribution < 1.29 is 13.9 Å². The summed E-state index contributed by atoms with van der Waals surface area (Å²) in [6, 6.07) is 5.35. The number of amides is 1. The van der Waals surface area contributed by atoms with Gasteiger partial charge in [-0.2, -0.15) is 0 Å². The molecule has 6 heteroatoms. The maximum absolute atomic E-state index is 12.2. The lowest BCUT2D eigenvalue weighted by molar-refractivity contribution is -0.122. The minimum atomic E-state index is -0.462. The van der Waals surface area contributed by atoms with E-state index in [2.05, 4.69) is 5.32 Å². The van der Waals surface area contributed by atoms with Crippen molar-refractivity contribution in [2.24, 2.45) is 5.73 Å². The first-order valence-electron chi connectivity index (χ1n) is 7.89. The number of benzene rings is 1. The van der Waals surface area contributed by atoms with Gasteiger partial charge in [0.1, 0.15) is 11.3 Å². The molecular weight excluding hydrogens is 308 g/mol. The Kier molecular flexibility index (Phi) is 5.29. The molecule has 0 spiro atoms. The molecule has 3 N–H and O–H groups in total. The van der Waals surface area contributed by atoms with Gasteiger partial charge in [0.05, 0.1) is 7.11 Å². The van der Waals surface area contributed by atoms with Gasteiger partial charge < -0.3 is 20.2 Å². The van der Waals surface area contributed by atoms with Crippen LogP contribution >= 0.6 is 0 Å². The summed E-state index contributed by atoms with van der Waals surface area (Å²) >= 11 is 0. The smallest absolute Gasteiger partial charge is 0.339 e. The number of ether oxygens (including phenoxy) is 1. The van der Waals surface area contributed by atoms with Crippen LogP contribution in [0.15, 0.2) is 27.4 Å². The average Bonchev–Trinajstić information content (AvgIpc) is 2.53. The molecule has 0 aliphatic heterocycles. The summed E-state index contributed by atoms with van der Waals surface area (Å²) in [6.07, 6.45) is 0.527. The number of fused-ring (bicyclic) bond motifs is 1. The third kappa shape index (κ3) is 3.94. The van der Waals surface area contributed by atoms with Crippen LogP contribution in [-0.2, 0) is 11.2 Å². The molecular formula is C18H24N2O4. The molecule has 0 bridgehead atoms. The zero-order chi connectivity index (χ0) is 17.9. The summed E-state index contributed by atoms with van der Waals surface area (Å²) < 4.78 is 10.5. The number of rotatable bonds is 6. The predicted octanol–water partition coefficient (Wildman–Crippen LogP) is 1.90. The molecule has 130 valence electrons. The van der Waals surface area contributed by atoms with Crippen LogP contribution in [0.25, 0.3) is 11.0 Å². The van der Waals surface area contributed by atoms with E-state index in [1.165, 1.54) is 0 Å². The molecule has 2 rings (SSSR count). The van der Waals surface area contributed by atoms with E-state index >= 15 is 0 Å². The maximum Gasteiger partial charge on any atom is 0.339 e. The van der Waals surface area contributed by atoms with Gasteiger partial charge >= 0.3 is 5.63 Å². The molecule has 1 heterocycles. The molecule has 1 aromatic carbocycles. The van der Waals surface area contributed by atoms with Crippen molar-refractivity contribution in [1.29, 1.82) is 0 Å². The van der Waals surface area contributed by atoms with Crippen LogP contribution in [0.2, 0.25) is 0 Å². The molecule has 2 aromatic rings. The molecule has 0 saturated carbocycles. The predicted molar refractivity (Wildman–Crippen MR) is 93.4 cm³/mol. The van der Waals surface area contributed by atoms with E-state index in [1.807, 2.05) is 32.9 Å². The minimum absolute atomic E-state index is 0.140. The number of hydrogen-bond acceptors (Lipinski definition) is 5. The van der Waals surface area contributed by atoms with Gasteiger partial charge in [0.15, 0.2) is 0 Å². The fourth-order valence-electron chi connectivity index (χ4n) is 2.52.